The normalized spacial score (nSPS) is 23.8. The second kappa shape index (κ2) is 4.15. The fraction of sp³-hybridized carbons (Fsp3) is 0.385. The largest absolute Gasteiger partial charge is 0.442 e. The van der Waals surface area contributed by atoms with Crippen molar-refractivity contribution in [3.05, 3.63) is 23.8 Å². The molecular weight excluding hydrogens is 246 g/mol. The number of carbonyl (C=O) groups excluding carboxylic acids is 2. The van der Waals surface area contributed by atoms with Crippen molar-refractivity contribution in [1.29, 1.82) is 0 Å². The Kier molecular flexibility index (Phi) is 2.58. The van der Waals surface area contributed by atoms with Gasteiger partial charge in [-0.3, -0.25) is 9.69 Å². The molecule has 0 aromatic heterocycles. The number of fused-ring (bicyclic) bond motifs is 3. The van der Waals surface area contributed by atoms with Crippen molar-refractivity contribution < 1.29 is 14.3 Å². The molecule has 1 aromatic carbocycles. The lowest BCUT2D eigenvalue weighted by Crippen LogP contribution is -2.40. The fourth-order valence-electron chi connectivity index (χ4n) is 2.72. The van der Waals surface area contributed by atoms with E-state index in [0.717, 1.165) is 11.3 Å². The van der Waals surface area contributed by atoms with E-state index >= 15 is 0 Å². The molecule has 1 saturated heterocycles. The van der Waals surface area contributed by atoms with Crippen LogP contribution in [0, 0.1) is 0 Å². The molecule has 2 amide bonds. The lowest BCUT2D eigenvalue weighted by Gasteiger charge is -2.16. The van der Waals surface area contributed by atoms with Gasteiger partial charge in [0, 0.05) is 12.6 Å². The van der Waals surface area contributed by atoms with Crippen LogP contribution >= 0.6 is 0 Å². The average molecular weight is 261 g/mol. The molecule has 0 saturated carbocycles. The minimum atomic E-state index is -0.358. The maximum absolute atomic E-state index is 11.9. The number of nitrogen functional groups attached to an aromatic ring is 1. The quantitative estimate of drug-likeness (QED) is 0.766. The third kappa shape index (κ3) is 1.89. The second-order valence-electron chi connectivity index (χ2n) is 4.89. The number of nitrogens with two attached hydrogens (primary N) is 1. The molecule has 2 aliphatic heterocycles. The molecule has 19 heavy (non-hydrogen) atoms. The minimum Gasteiger partial charge on any atom is -0.442 e. The summed E-state index contributed by atoms with van der Waals surface area (Å²) < 4.78 is 5.31. The van der Waals surface area contributed by atoms with Crippen LogP contribution in [0.3, 0.4) is 0 Å². The Labute approximate surface area is 110 Å². The van der Waals surface area contributed by atoms with Gasteiger partial charge in [-0.2, -0.15) is 0 Å². The second-order valence-corrected chi connectivity index (χ2v) is 4.89. The van der Waals surface area contributed by atoms with E-state index in [1.165, 1.54) is 6.92 Å². The van der Waals surface area contributed by atoms with Crippen LogP contribution in [0.5, 0.6) is 0 Å². The van der Waals surface area contributed by atoms with Gasteiger partial charge in [0.05, 0.1) is 18.3 Å². The van der Waals surface area contributed by atoms with E-state index < -0.39 is 0 Å². The molecule has 0 unspecified atom stereocenters. The molecule has 0 radical (unpaired) electrons. The third-order valence-electron chi connectivity index (χ3n) is 3.55. The van der Waals surface area contributed by atoms with Gasteiger partial charge in [-0.05, 0) is 30.2 Å². The first-order valence-electron chi connectivity index (χ1n) is 6.19. The summed E-state index contributed by atoms with van der Waals surface area (Å²) >= 11 is 0. The number of cyclic esters (lactones) is 1. The fourth-order valence-corrected chi connectivity index (χ4v) is 2.72. The molecule has 6 nitrogen and oxygen atoms in total. The topological polar surface area (TPSA) is 84.7 Å². The third-order valence-corrected chi connectivity index (χ3v) is 3.55. The first kappa shape index (κ1) is 11.8. The van der Waals surface area contributed by atoms with Crippen LogP contribution in [0.2, 0.25) is 0 Å². The lowest BCUT2D eigenvalue weighted by atomic mass is 10.1. The Morgan fingerprint density at radius 3 is 3.11 bits per heavy atom. The van der Waals surface area contributed by atoms with Gasteiger partial charge in [-0.25, -0.2) is 4.79 Å². The summed E-state index contributed by atoms with van der Waals surface area (Å²) in [6.45, 7) is 1.78. The summed E-state index contributed by atoms with van der Waals surface area (Å²) in [4.78, 5) is 24.5. The molecule has 2 atom stereocenters. The van der Waals surface area contributed by atoms with Crippen molar-refractivity contribution in [2.75, 3.05) is 17.2 Å². The lowest BCUT2D eigenvalue weighted by molar-refractivity contribution is -0.119. The van der Waals surface area contributed by atoms with Gasteiger partial charge in [0.25, 0.3) is 0 Å². The summed E-state index contributed by atoms with van der Waals surface area (Å²) in [7, 11) is 0. The minimum absolute atomic E-state index is 0.0591. The summed E-state index contributed by atoms with van der Waals surface area (Å²) in [5.74, 6) is -0.130. The van der Waals surface area contributed by atoms with Crippen molar-refractivity contribution >= 4 is 23.4 Å². The number of amides is 2. The number of nitrogens with one attached hydrogen (secondary N) is 1. The van der Waals surface area contributed by atoms with E-state index in [9.17, 15) is 9.59 Å². The Hall–Kier alpha value is -2.24. The summed E-state index contributed by atoms with van der Waals surface area (Å²) in [6.07, 6.45) is 0.0324. The van der Waals surface area contributed by atoms with Gasteiger partial charge < -0.3 is 15.8 Å². The molecule has 2 aliphatic rings. The number of hydrogen-bond acceptors (Lipinski definition) is 4. The van der Waals surface area contributed by atoms with E-state index in [-0.39, 0.29) is 24.1 Å². The number of rotatable bonds is 2. The van der Waals surface area contributed by atoms with Gasteiger partial charge in [0.1, 0.15) is 6.10 Å². The molecule has 1 fully saturated rings. The van der Waals surface area contributed by atoms with Gasteiger partial charge in [0.2, 0.25) is 5.91 Å². The van der Waals surface area contributed by atoms with Crippen LogP contribution in [0.25, 0.3) is 0 Å². The molecule has 3 N–H and O–H groups in total. The molecule has 0 aliphatic carbocycles. The smallest absolute Gasteiger partial charge is 0.415 e. The monoisotopic (exact) mass is 261 g/mol. The molecule has 0 spiro atoms. The van der Waals surface area contributed by atoms with Crippen LogP contribution in [0.4, 0.5) is 16.2 Å². The van der Waals surface area contributed by atoms with E-state index in [0.29, 0.717) is 18.7 Å². The van der Waals surface area contributed by atoms with Crippen LogP contribution in [-0.4, -0.2) is 30.7 Å². The zero-order valence-electron chi connectivity index (χ0n) is 10.6. The SMILES string of the molecule is CC(=O)NC[C@@H]1OC(=O)N2c3ccc(N)cc3C[C@@H]12. The highest BCUT2D eigenvalue weighted by Crippen LogP contribution is 2.39. The average Bonchev–Trinajstić information content (AvgIpc) is 2.84. The van der Waals surface area contributed by atoms with E-state index in [1.807, 2.05) is 12.1 Å². The Balaban J connectivity index is 1.84. The maximum atomic E-state index is 11.9. The van der Waals surface area contributed by atoms with Gasteiger partial charge in [-0.1, -0.05) is 0 Å². The standard InChI is InChI=1S/C13H15N3O3/c1-7(17)15-6-12-11-5-8-4-9(14)2-3-10(8)16(11)13(18)19-12/h2-4,11-12H,5-6,14H2,1H3,(H,15,17)/t11-,12-/m0/s1. The predicted octanol–water partition coefficient (Wildman–Crippen LogP) is 0.655. The highest BCUT2D eigenvalue weighted by molar-refractivity contribution is 5.94. The van der Waals surface area contributed by atoms with E-state index in [4.69, 9.17) is 10.5 Å². The highest BCUT2D eigenvalue weighted by Gasteiger charge is 2.47. The number of hydrogen-bond donors (Lipinski definition) is 2. The molecule has 6 heteroatoms. The number of ether oxygens (including phenoxy) is 1. The van der Waals surface area contributed by atoms with Crippen molar-refractivity contribution in [2.45, 2.75) is 25.5 Å². The van der Waals surface area contributed by atoms with Crippen LogP contribution in [-0.2, 0) is 16.0 Å². The zero-order valence-corrected chi connectivity index (χ0v) is 10.6. The van der Waals surface area contributed by atoms with Crippen LogP contribution in [0.15, 0.2) is 18.2 Å². The summed E-state index contributed by atoms with van der Waals surface area (Å²) in [5.41, 5.74) is 8.35. The predicted molar refractivity (Wildman–Crippen MR) is 69.8 cm³/mol. The first-order valence-corrected chi connectivity index (χ1v) is 6.19. The molecule has 2 heterocycles. The number of carbonyl (C=O) groups is 2. The Morgan fingerprint density at radius 1 is 1.58 bits per heavy atom. The van der Waals surface area contributed by atoms with Gasteiger partial charge in [0.15, 0.2) is 0 Å². The van der Waals surface area contributed by atoms with E-state index in [2.05, 4.69) is 5.32 Å². The molecule has 3 rings (SSSR count). The zero-order chi connectivity index (χ0) is 13.6. The van der Waals surface area contributed by atoms with Crippen LogP contribution in [0.1, 0.15) is 12.5 Å². The molecule has 0 bridgehead atoms. The number of nitrogens with zero attached hydrogens (tertiary/aromatic N) is 1. The Morgan fingerprint density at radius 2 is 2.37 bits per heavy atom. The highest BCUT2D eigenvalue weighted by atomic mass is 16.6. The Bertz CT molecular complexity index is 558. The van der Waals surface area contributed by atoms with Gasteiger partial charge >= 0.3 is 6.09 Å². The summed E-state index contributed by atoms with van der Waals surface area (Å²) in [5, 5.41) is 2.69. The number of benzene rings is 1. The van der Waals surface area contributed by atoms with Crippen molar-refractivity contribution in [1.82, 2.24) is 5.32 Å². The van der Waals surface area contributed by atoms with E-state index in [1.54, 1.807) is 11.0 Å². The maximum Gasteiger partial charge on any atom is 0.415 e. The molecule has 1 aromatic rings. The van der Waals surface area contributed by atoms with Crippen molar-refractivity contribution in [2.24, 2.45) is 0 Å². The summed E-state index contributed by atoms with van der Waals surface area (Å²) in [6, 6.07) is 5.44. The molecular formula is C13H15N3O3. The van der Waals surface area contributed by atoms with Crippen LogP contribution < -0.4 is 16.0 Å². The molecule has 100 valence electrons. The van der Waals surface area contributed by atoms with Gasteiger partial charge in [-0.15, -0.1) is 0 Å². The van der Waals surface area contributed by atoms with Crippen molar-refractivity contribution in [3.63, 3.8) is 0 Å². The van der Waals surface area contributed by atoms with Crippen molar-refractivity contribution in [3.8, 4) is 0 Å². The number of anilines is 2. The first-order chi connectivity index (χ1) is 9.06.